The van der Waals surface area contributed by atoms with Gasteiger partial charge < -0.3 is 25.6 Å². The Morgan fingerprint density at radius 2 is 1.97 bits per heavy atom. The van der Waals surface area contributed by atoms with E-state index >= 15 is 0 Å². The average molecular weight is 555 g/mol. The highest BCUT2D eigenvalue weighted by Gasteiger charge is 2.32. The highest BCUT2D eigenvalue weighted by atomic mass is 32.2. The number of nitrogens with zero attached hydrogens (tertiary/aromatic N) is 2. The third-order valence-corrected chi connectivity index (χ3v) is 8.02. The predicted octanol–water partition coefficient (Wildman–Crippen LogP) is 2.67. The number of imidazole rings is 1. The lowest BCUT2D eigenvalue weighted by molar-refractivity contribution is -0.145. The Morgan fingerprint density at radius 3 is 2.69 bits per heavy atom. The van der Waals surface area contributed by atoms with Crippen LogP contribution in [0.4, 0.5) is 11.6 Å². The van der Waals surface area contributed by atoms with E-state index in [0.717, 1.165) is 17.5 Å². The van der Waals surface area contributed by atoms with Crippen molar-refractivity contribution in [2.75, 3.05) is 30.3 Å². The van der Waals surface area contributed by atoms with Gasteiger partial charge in [-0.2, -0.15) is 4.72 Å². The summed E-state index contributed by atoms with van der Waals surface area (Å²) in [6.07, 6.45) is 4.59. The first-order valence-corrected chi connectivity index (χ1v) is 14.4. The number of benzene rings is 2. The number of carbonyl (C=O) groups excluding carboxylic acids is 1. The van der Waals surface area contributed by atoms with E-state index in [1.807, 2.05) is 12.1 Å². The van der Waals surface area contributed by atoms with Crippen molar-refractivity contribution < 1.29 is 23.1 Å². The number of carboxylic acid groups (broad SMARTS) is 1. The van der Waals surface area contributed by atoms with Gasteiger partial charge in [0, 0.05) is 32.0 Å². The quantitative estimate of drug-likeness (QED) is 0.202. The van der Waals surface area contributed by atoms with Crippen LogP contribution in [0.25, 0.3) is 0 Å². The molecule has 4 rings (SSSR count). The molecule has 1 aliphatic rings. The van der Waals surface area contributed by atoms with Gasteiger partial charge in [0.1, 0.15) is 17.5 Å². The van der Waals surface area contributed by atoms with Gasteiger partial charge in [0.25, 0.3) is 0 Å². The van der Waals surface area contributed by atoms with Crippen molar-refractivity contribution in [3.05, 3.63) is 72.1 Å². The smallest absolute Gasteiger partial charge is 0.323 e. The van der Waals surface area contributed by atoms with Gasteiger partial charge in [-0.1, -0.05) is 49.4 Å². The fourth-order valence-electron chi connectivity index (χ4n) is 4.65. The van der Waals surface area contributed by atoms with E-state index in [2.05, 4.69) is 32.2 Å². The van der Waals surface area contributed by atoms with Crippen molar-refractivity contribution in [3.63, 3.8) is 0 Å². The number of carboxylic acids is 1. The number of nitrogens with one attached hydrogen (secondary N) is 4. The molecule has 0 fully saturated rings. The second-order valence-corrected chi connectivity index (χ2v) is 11.4. The molecule has 1 unspecified atom stereocenters. The molecular formula is C27H34N6O5S. The summed E-state index contributed by atoms with van der Waals surface area (Å²) in [4.78, 5) is 33.6. The first-order chi connectivity index (χ1) is 18.7. The summed E-state index contributed by atoms with van der Waals surface area (Å²) in [5, 5.41) is 15.8. The molecule has 2 heterocycles. The lowest BCUT2D eigenvalue weighted by Crippen LogP contribution is -2.49. The van der Waals surface area contributed by atoms with Crippen LogP contribution in [-0.2, 0) is 32.6 Å². The zero-order chi connectivity index (χ0) is 27.8. The molecule has 0 spiro atoms. The van der Waals surface area contributed by atoms with Gasteiger partial charge in [-0.25, -0.2) is 13.4 Å². The Bertz CT molecular complexity index is 1360. The van der Waals surface area contributed by atoms with Crippen LogP contribution in [0, 0.1) is 5.92 Å². The van der Waals surface area contributed by atoms with Crippen LogP contribution in [0.3, 0.4) is 0 Å². The molecule has 1 aliphatic heterocycles. The number of rotatable bonds is 13. The molecule has 0 radical (unpaired) electrons. The number of anilines is 2. The Hall–Kier alpha value is -3.90. The number of aromatic nitrogens is 2. The molecule has 12 heteroatoms. The summed E-state index contributed by atoms with van der Waals surface area (Å²) >= 11 is 0. The third kappa shape index (κ3) is 7.58. The summed E-state index contributed by atoms with van der Waals surface area (Å²) in [5.74, 6) is -0.863. The van der Waals surface area contributed by atoms with Crippen molar-refractivity contribution in [2.45, 2.75) is 43.7 Å². The molecule has 3 aromatic rings. The number of hydrogen-bond acceptors (Lipinski definition) is 7. The second kappa shape index (κ2) is 12.8. The summed E-state index contributed by atoms with van der Waals surface area (Å²) in [6, 6.07) is 12.9. The van der Waals surface area contributed by atoms with Crippen LogP contribution >= 0.6 is 0 Å². The standard InChI is InChI=1S/C27H34N6O5S/c1-19-15-21-9-5-11-23(25(21)31-16-19)39(37,38)32-22(10-6-12-28-27-29-13-14-30-27)26(36)33(18-24(34)35)17-20-7-3-2-4-8-20/h2-5,7-9,11,13-14,19,22,31-32H,6,10,12,15-18H2,1H3,(H,34,35)(H2,28,29,30)/t19?,22-/m0/s1. The Kier molecular flexibility index (Phi) is 9.20. The van der Waals surface area contributed by atoms with Crippen molar-refractivity contribution in [1.29, 1.82) is 0 Å². The number of hydrogen-bond donors (Lipinski definition) is 5. The van der Waals surface area contributed by atoms with E-state index in [1.54, 1.807) is 42.7 Å². The first kappa shape index (κ1) is 28.1. The molecule has 1 aromatic heterocycles. The second-order valence-electron chi connectivity index (χ2n) is 9.73. The van der Waals surface area contributed by atoms with Crippen LogP contribution in [0.1, 0.15) is 30.9 Å². The van der Waals surface area contributed by atoms with E-state index < -0.39 is 34.5 Å². The van der Waals surface area contributed by atoms with Crippen LogP contribution in [0.5, 0.6) is 0 Å². The highest BCUT2D eigenvalue weighted by Crippen LogP contribution is 2.31. The van der Waals surface area contributed by atoms with Gasteiger partial charge in [-0.05, 0) is 42.4 Å². The number of para-hydroxylation sites is 1. The van der Waals surface area contributed by atoms with Gasteiger partial charge in [0.2, 0.25) is 15.9 Å². The molecular weight excluding hydrogens is 520 g/mol. The van der Waals surface area contributed by atoms with Gasteiger partial charge in [0.15, 0.2) is 5.95 Å². The van der Waals surface area contributed by atoms with Crippen LogP contribution < -0.4 is 15.4 Å². The maximum atomic E-state index is 13.7. The van der Waals surface area contributed by atoms with Gasteiger partial charge >= 0.3 is 5.97 Å². The number of sulfonamides is 1. The van der Waals surface area contributed by atoms with E-state index in [9.17, 15) is 23.1 Å². The number of fused-ring (bicyclic) bond motifs is 1. The number of aromatic amines is 1. The molecule has 0 bridgehead atoms. The van der Waals surface area contributed by atoms with E-state index in [-0.39, 0.29) is 17.9 Å². The molecule has 2 atom stereocenters. The van der Waals surface area contributed by atoms with Crippen molar-refractivity contribution in [3.8, 4) is 0 Å². The molecule has 0 aliphatic carbocycles. The van der Waals surface area contributed by atoms with Crippen LogP contribution in [-0.4, -0.2) is 65.9 Å². The minimum absolute atomic E-state index is 0.0367. The summed E-state index contributed by atoms with van der Waals surface area (Å²) < 4.78 is 29.9. The maximum Gasteiger partial charge on any atom is 0.323 e. The third-order valence-electron chi connectivity index (χ3n) is 6.51. The molecule has 208 valence electrons. The molecule has 0 saturated heterocycles. The minimum Gasteiger partial charge on any atom is -0.480 e. The van der Waals surface area contributed by atoms with Crippen molar-refractivity contribution in [2.24, 2.45) is 5.92 Å². The largest absolute Gasteiger partial charge is 0.480 e. The number of carbonyl (C=O) groups is 2. The normalized spacial score (nSPS) is 15.6. The monoisotopic (exact) mass is 554 g/mol. The van der Waals surface area contributed by atoms with Crippen molar-refractivity contribution >= 4 is 33.5 Å². The van der Waals surface area contributed by atoms with Gasteiger partial charge in [-0.3, -0.25) is 9.59 Å². The Balaban J connectivity index is 1.57. The summed E-state index contributed by atoms with van der Waals surface area (Å²) in [5.41, 5.74) is 2.18. The lowest BCUT2D eigenvalue weighted by atomic mass is 9.96. The number of amides is 1. The summed E-state index contributed by atoms with van der Waals surface area (Å²) in [7, 11) is -4.12. The molecule has 39 heavy (non-hydrogen) atoms. The first-order valence-electron chi connectivity index (χ1n) is 12.9. The van der Waals surface area contributed by atoms with Gasteiger partial charge in [0.05, 0.1) is 5.69 Å². The number of H-pyrrole nitrogens is 1. The molecule has 5 N–H and O–H groups in total. The predicted molar refractivity (Wildman–Crippen MR) is 148 cm³/mol. The van der Waals surface area contributed by atoms with Crippen LogP contribution in [0.2, 0.25) is 0 Å². The fourth-order valence-corrected chi connectivity index (χ4v) is 6.10. The zero-order valence-corrected chi connectivity index (χ0v) is 22.6. The lowest BCUT2D eigenvalue weighted by Gasteiger charge is -2.28. The molecule has 1 amide bonds. The Morgan fingerprint density at radius 1 is 1.18 bits per heavy atom. The Labute approximate surface area is 228 Å². The highest BCUT2D eigenvalue weighted by molar-refractivity contribution is 7.89. The molecule has 0 saturated carbocycles. The van der Waals surface area contributed by atoms with E-state index in [0.29, 0.717) is 37.1 Å². The zero-order valence-electron chi connectivity index (χ0n) is 21.8. The molecule has 2 aromatic carbocycles. The number of aliphatic carboxylic acids is 1. The van der Waals surface area contributed by atoms with Crippen LogP contribution in [0.15, 0.2) is 65.8 Å². The SMILES string of the molecule is CC1CNc2c(cccc2S(=O)(=O)N[C@@H](CCCNc2ncc[nH]2)C(=O)N(CC(=O)O)Cc2ccccc2)C1. The fraction of sp³-hybridized carbons (Fsp3) is 0.370. The van der Waals surface area contributed by atoms with E-state index in [1.165, 1.54) is 11.0 Å². The maximum absolute atomic E-state index is 13.7. The average Bonchev–Trinajstić information content (AvgIpc) is 3.43. The topological polar surface area (TPSA) is 157 Å². The molecule has 11 nitrogen and oxygen atoms in total. The minimum atomic E-state index is -4.12. The van der Waals surface area contributed by atoms with E-state index in [4.69, 9.17) is 0 Å². The van der Waals surface area contributed by atoms with Crippen molar-refractivity contribution in [1.82, 2.24) is 19.6 Å². The summed E-state index contributed by atoms with van der Waals surface area (Å²) in [6.45, 7) is 2.64. The van der Waals surface area contributed by atoms with Gasteiger partial charge in [-0.15, -0.1) is 0 Å².